The van der Waals surface area contributed by atoms with Gasteiger partial charge in [0.2, 0.25) is 0 Å². The van der Waals surface area contributed by atoms with E-state index in [1.165, 1.54) is 7.11 Å². The molecule has 0 unspecified atom stereocenters. The fraction of sp³-hybridized carbons (Fsp3) is 0.333. The summed E-state index contributed by atoms with van der Waals surface area (Å²) < 4.78 is 5.01. The van der Waals surface area contributed by atoms with Gasteiger partial charge < -0.3 is 15.6 Å². The van der Waals surface area contributed by atoms with Crippen molar-refractivity contribution in [1.29, 1.82) is 0 Å². The number of hydrogen-bond acceptors (Lipinski definition) is 3. The Morgan fingerprint density at radius 1 is 1.62 bits per heavy atom. The molecule has 0 amide bonds. The number of aliphatic hydroxyl groups excluding tert-OH is 1. The molecule has 0 radical (unpaired) electrons. The summed E-state index contributed by atoms with van der Waals surface area (Å²) in [5, 5.41) is 9.36. The van der Waals surface area contributed by atoms with Crippen LogP contribution >= 0.6 is 11.6 Å². The van der Waals surface area contributed by atoms with E-state index in [9.17, 15) is 0 Å². The van der Waals surface area contributed by atoms with Gasteiger partial charge in [0.1, 0.15) is 5.75 Å². The van der Waals surface area contributed by atoms with Crippen LogP contribution in [0, 0.1) is 0 Å². The molecule has 0 aromatic heterocycles. The van der Waals surface area contributed by atoms with Crippen molar-refractivity contribution in [2.75, 3.05) is 13.7 Å². The molecule has 0 saturated heterocycles. The Morgan fingerprint density at radius 2 is 2.31 bits per heavy atom. The smallest absolute Gasteiger partial charge is 0.137 e. The van der Waals surface area contributed by atoms with E-state index < -0.39 is 0 Å². The van der Waals surface area contributed by atoms with E-state index >= 15 is 0 Å². The van der Waals surface area contributed by atoms with Crippen LogP contribution in [0.25, 0.3) is 0 Å². The highest BCUT2D eigenvalue weighted by Gasteiger charge is 2.07. The summed E-state index contributed by atoms with van der Waals surface area (Å²) in [5.41, 5.74) is 6.43. The molecule has 0 bridgehead atoms. The van der Waals surface area contributed by atoms with Gasteiger partial charge in [0.05, 0.1) is 24.8 Å². The first-order valence-corrected chi connectivity index (χ1v) is 4.26. The summed E-state index contributed by atoms with van der Waals surface area (Å²) in [5.74, 6) is 0.572. The highest BCUT2D eigenvalue weighted by molar-refractivity contribution is 6.32. The maximum Gasteiger partial charge on any atom is 0.137 e. The molecule has 1 aromatic rings. The van der Waals surface area contributed by atoms with Gasteiger partial charge in [-0.25, -0.2) is 0 Å². The van der Waals surface area contributed by atoms with Gasteiger partial charge in [-0.15, -0.1) is 0 Å². The lowest BCUT2D eigenvalue weighted by Gasteiger charge is -2.10. The molecule has 0 fully saturated rings. The molecular formula is C9H12ClNO2. The lowest BCUT2D eigenvalue weighted by Crippen LogP contribution is -2.14. The number of nitrogens with two attached hydrogens (primary N) is 1. The van der Waals surface area contributed by atoms with Crippen LogP contribution in [-0.4, -0.2) is 18.8 Å². The third kappa shape index (κ3) is 2.34. The molecule has 3 N–H and O–H groups in total. The van der Waals surface area contributed by atoms with Crippen LogP contribution in [0.5, 0.6) is 5.75 Å². The number of ether oxygens (including phenoxy) is 1. The normalized spacial score (nSPS) is 12.6. The van der Waals surface area contributed by atoms with Crippen LogP contribution in [0.4, 0.5) is 0 Å². The van der Waals surface area contributed by atoms with Crippen molar-refractivity contribution in [2.24, 2.45) is 5.73 Å². The summed E-state index contributed by atoms with van der Waals surface area (Å²) >= 11 is 5.82. The number of halogens is 1. The van der Waals surface area contributed by atoms with Crippen LogP contribution < -0.4 is 10.5 Å². The minimum atomic E-state index is -0.383. The molecule has 0 saturated carbocycles. The average molecular weight is 202 g/mol. The maximum absolute atomic E-state index is 8.82. The van der Waals surface area contributed by atoms with Gasteiger partial charge in [0.15, 0.2) is 0 Å². The first kappa shape index (κ1) is 10.3. The summed E-state index contributed by atoms with van der Waals surface area (Å²) in [6.45, 7) is -0.0925. The number of methoxy groups -OCH3 is 1. The Hall–Kier alpha value is -0.770. The minimum absolute atomic E-state index is 0.0925. The molecule has 3 nitrogen and oxygen atoms in total. The average Bonchev–Trinajstić information content (AvgIpc) is 2.17. The zero-order valence-corrected chi connectivity index (χ0v) is 8.08. The molecule has 0 aliphatic rings. The van der Waals surface area contributed by atoms with Crippen LogP contribution in [-0.2, 0) is 0 Å². The number of benzene rings is 1. The summed E-state index contributed by atoms with van der Waals surface area (Å²) in [6, 6.07) is 4.81. The first-order valence-electron chi connectivity index (χ1n) is 3.89. The molecule has 1 atom stereocenters. The highest BCUT2D eigenvalue weighted by atomic mass is 35.5. The zero-order chi connectivity index (χ0) is 9.84. The Kier molecular flexibility index (Phi) is 3.54. The van der Waals surface area contributed by atoms with Gasteiger partial charge in [-0.05, 0) is 17.7 Å². The van der Waals surface area contributed by atoms with Crippen molar-refractivity contribution in [1.82, 2.24) is 0 Å². The van der Waals surface area contributed by atoms with Gasteiger partial charge in [0.25, 0.3) is 0 Å². The predicted molar refractivity (Wildman–Crippen MR) is 52.0 cm³/mol. The van der Waals surface area contributed by atoms with E-state index in [0.29, 0.717) is 10.8 Å². The monoisotopic (exact) mass is 201 g/mol. The first-order chi connectivity index (χ1) is 6.19. The molecule has 72 valence electrons. The van der Waals surface area contributed by atoms with Gasteiger partial charge in [-0.1, -0.05) is 17.7 Å². The Morgan fingerprint density at radius 3 is 2.85 bits per heavy atom. The van der Waals surface area contributed by atoms with E-state index in [-0.39, 0.29) is 12.6 Å². The molecule has 0 heterocycles. The molecule has 1 rings (SSSR count). The van der Waals surface area contributed by atoms with Gasteiger partial charge in [-0.3, -0.25) is 0 Å². The zero-order valence-electron chi connectivity index (χ0n) is 7.33. The summed E-state index contributed by atoms with van der Waals surface area (Å²) in [7, 11) is 1.54. The van der Waals surface area contributed by atoms with Crippen LogP contribution in [0.15, 0.2) is 18.2 Å². The quantitative estimate of drug-likeness (QED) is 0.776. The standard InChI is InChI=1S/C9H12ClNO2/c1-13-9-4-6(8(11)5-12)2-3-7(9)10/h2-4,8,12H,5,11H2,1H3/t8-/m1/s1. The third-order valence-electron chi connectivity index (χ3n) is 1.80. The Bertz CT molecular complexity index is 291. The van der Waals surface area contributed by atoms with Crippen LogP contribution in [0.3, 0.4) is 0 Å². The Balaban J connectivity index is 2.99. The molecule has 4 heteroatoms. The van der Waals surface area contributed by atoms with Gasteiger partial charge in [-0.2, -0.15) is 0 Å². The van der Waals surface area contributed by atoms with E-state index in [4.69, 9.17) is 27.2 Å². The highest BCUT2D eigenvalue weighted by Crippen LogP contribution is 2.26. The van der Waals surface area contributed by atoms with Crippen molar-refractivity contribution in [3.05, 3.63) is 28.8 Å². The van der Waals surface area contributed by atoms with E-state index in [0.717, 1.165) is 5.56 Å². The topological polar surface area (TPSA) is 55.5 Å². The maximum atomic E-state index is 8.82. The van der Waals surface area contributed by atoms with Crippen molar-refractivity contribution < 1.29 is 9.84 Å². The minimum Gasteiger partial charge on any atom is -0.495 e. The van der Waals surface area contributed by atoms with Crippen molar-refractivity contribution in [2.45, 2.75) is 6.04 Å². The van der Waals surface area contributed by atoms with Crippen molar-refractivity contribution >= 4 is 11.6 Å². The summed E-state index contributed by atoms with van der Waals surface area (Å²) in [6.07, 6.45) is 0. The number of aliphatic hydroxyl groups is 1. The Labute approximate surface area is 82.1 Å². The summed E-state index contributed by atoms with van der Waals surface area (Å²) in [4.78, 5) is 0. The largest absolute Gasteiger partial charge is 0.495 e. The third-order valence-corrected chi connectivity index (χ3v) is 2.11. The second kappa shape index (κ2) is 4.46. The second-order valence-corrected chi connectivity index (χ2v) is 3.09. The van der Waals surface area contributed by atoms with Crippen LogP contribution in [0.1, 0.15) is 11.6 Å². The SMILES string of the molecule is COc1cc([C@H](N)CO)ccc1Cl. The fourth-order valence-electron chi connectivity index (χ4n) is 1.01. The van der Waals surface area contributed by atoms with E-state index in [2.05, 4.69) is 0 Å². The molecule has 0 aliphatic heterocycles. The lowest BCUT2D eigenvalue weighted by molar-refractivity contribution is 0.267. The molecule has 0 aliphatic carbocycles. The fourth-order valence-corrected chi connectivity index (χ4v) is 1.21. The lowest BCUT2D eigenvalue weighted by atomic mass is 10.1. The van der Waals surface area contributed by atoms with Crippen molar-refractivity contribution in [3.63, 3.8) is 0 Å². The van der Waals surface area contributed by atoms with Crippen molar-refractivity contribution in [3.8, 4) is 5.75 Å². The number of hydrogen-bond donors (Lipinski definition) is 2. The molecule has 13 heavy (non-hydrogen) atoms. The molecule has 1 aromatic carbocycles. The van der Waals surface area contributed by atoms with E-state index in [1.807, 2.05) is 0 Å². The van der Waals surface area contributed by atoms with Gasteiger partial charge >= 0.3 is 0 Å². The molecule has 0 spiro atoms. The van der Waals surface area contributed by atoms with Gasteiger partial charge in [0, 0.05) is 0 Å². The van der Waals surface area contributed by atoms with E-state index in [1.54, 1.807) is 18.2 Å². The van der Waals surface area contributed by atoms with Crippen LogP contribution in [0.2, 0.25) is 5.02 Å². The predicted octanol–water partition coefficient (Wildman–Crippen LogP) is 1.34. The number of rotatable bonds is 3. The second-order valence-electron chi connectivity index (χ2n) is 2.68. The molecular weight excluding hydrogens is 190 g/mol.